The molecule has 102 valence electrons. The Morgan fingerprint density at radius 3 is 2.47 bits per heavy atom. The Kier molecular flexibility index (Phi) is 3.64. The van der Waals surface area contributed by atoms with Crippen LogP contribution in [0.4, 0.5) is 5.69 Å². The summed E-state index contributed by atoms with van der Waals surface area (Å²) in [7, 11) is -3.66. The number of hydrogen-bond acceptors (Lipinski definition) is 4. The molecule has 3 N–H and O–H groups in total. The summed E-state index contributed by atoms with van der Waals surface area (Å²) in [5, 5.41) is 0. The van der Waals surface area contributed by atoms with Crippen LogP contribution in [0.5, 0.6) is 0 Å². The summed E-state index contributed by atoms with van der Waals surface area (Å²) in [5.74, 6) is 1.30. The number of nitrogen functional groups attached to an aromatic ring is 1. The van der Waals surface area contributed by atoms with Gasteiger partial charge in [0.2, 0.25) is 10.0 Å². The third-order valence-corrected chi connectivity index (χ3v) is 4.34. The molecular formula is C13H16N2O3S. The number of rotatable bonds is 4. The van der Waals surface area contributed by atoms with Gasteiger partial charge in [-0.3, -0.25) is 0 Å². The summed E-state index contributed by atoms with van der Waals surface area (Å²) in [6.45, 7) is 3.52. The second-order valence-corrected chi connectivity index (χ2v) is 6.01. The highest BCUT2D eigenvalue weighted by Gasteiger charge is 2.21. The summed E-state index contributed by atoms with van der Waals surface area (Å²) in [5.41, 5.74) is 5.90. The summed E-state index contributed by atoms with van der Waals surface area (Å²) in [4.78, 5) is 0.0742. The highest BCUT2D eigenvalue weighted by molar-refractivity contribution is 7.89. The number of benzene rings is 1. The lowest BCUT2D eigenvalue weighted by Crippen LogP contribution is -2.27. The topological polar surface area (TPSA) is 85.3 Å². The van der Waals surface area contributed by atoms with Crippen LogP contribution >= 0.6 is 0 Å². The van der Waals surface area contributed by atoms with Crippen LogP contribution in [0.2, 0.25) is 0 Å². The molecule has 5 nitrogen and oxygen atoms in total. The van der Waals surface area contributed by atoms with Crippen molar-refractivity contribution in [3.05, 3.63) is 47.9 Å². The minimum Gasteiger partial charge on any atom is -0.465 e. The fourth-order valence-electron chi connectivity index (χ4n) is 1.77. The predicted molar refractivity (Wildman–Crippen MR) is 73.0 cm³/mol. The molecule has 0 radical (unpaired) electrons. The monoisotopic (exact) mass is 280 g/mol. The Hall–Kier alpha value is -1.79. The van der Waals surface area contributed by atoms with Crippen molar-refractivity contribution in [3.63, 3.8) is 0 Å². The van der Waals surface area contributed by atoms with Gasteiger partial charge in [-0.2, -0.15) is 0 Å². The summed E-state index contributed by atoms with van der Waals surface area (Å²) >= 11 is 0. The minimum atomic E-state index is -3.66. The fourth-order valence-corrected chi connectivity index (χ4v) is 3.11. The number of aryl methyl sites for hydroxylation is 1. The maximum Gasteiger partial charge on any atom is 0.243 e. The highest BCUT2D eigenvalue weighted by Crippen LogP contribution is 2.21. The van der Waals surface area contributed by atoms with Gasteiger partial charge in [-0.05, 0) is 38.1 Å². The van der Waals surface area contributed by atoms with Crippen molar-refractivity contribution in [2.24, 2.45) is 0 Å². The Morgan fingerprint density at radius 2 is 1.89 bits per heavy atom. The molecule has 1 unspecified atom stereocenters. The lowest BCUT2D eigenvalue weighted by atomic mass is 10.3. The number of nitrogens with one attached hydrogen (secondary N) is 1. The lowest BCUT2D eigenvalue weighted by Gasteiger charge is -2.13. The molecule has 19 heavy (non-hydrogen) atoms. The molecule has 0 amide bonds. The molecule has 0 saturated carbocycles. The van der Waals surface area contributed by atoms with E-state index in [1.54, 1.807) is 44.2 Å². The summed E-state index contributed by atoms with van der Waals surface area (Å²) in [6.07, 6.45) is 0. The Labute approximate surface area is 112 Å². The molecule has 1 atom stereocenters. The van der Waals surface area contributed by atoms with Gasteiger partial charge < -0.3 is 10.2 Å². The lowest BCUT2D eigenvalue weighted by molar-refractivity contribution is 0.441. The van der Waals surface area contributed by atoms with Gasteiger partial charge in [0, 0.05) is 0 Å². The van der Waals surface area contributed by atoms with E-state index in [-0.39, 0.29) is 10.6 Å². The van der Waals surface area contributed by atoms with E-state index in [0.29, 0.717) is 5.76 Å². The van der Waals surface area contributed by atoms with E-state index in [1.165, 1.54) is 6.07 Å². The van der Waals surface area contributed by atoms with Crippen LogP contribution in [0, 0.1) is 6.92 Å². The Morgan fingerprint density at radius 1 is 1.21 bits per heavy atom. The van der Waals surface area contributed by atoms with E-state index in [4.69, 9.17) is 10.2 Å². The van der Waals surface area contributed by atoms with Crippen LogP contribution in [-0.4, -0.2) is 8.42 Å². The fraction of sp³-hybridized carbons (Fsp3) is 0.231. The van der Waals surface area contributed by atoms with Gasteiger partial charge in [-0.1, -0.05) is 12.1 Å². The predicted octanol–water partition coefficient (Wildman–Crippen LogP) is 2.21. The first-order chi connectivity index (χ1) is 8.90. The third-order valence-electron chi connectivity index (χ3n) is 2.73. The summed E-state index contributed by atoms with van der Waals surface area (Å²) < 4.78 is 32.4. The third kappa shape index (κ3) is 2.97. The van der Waals surface area contributed by atoms with Crippen LogP contribution in [0.25, 0.3) is 0 Å². The standard InChI is InChI=1S/C13H16N2O3S/c1-9-7-8-12(18-9)10(2)15-19(16,17)13-6-4-3-5-11(13)14/h3-8,10,15H,14H2,1-2H3. The zero-order valence-electron chi connectivity index (χ0n) is 10.8. The largest absolute Gasteiger partial charge is 0.465 e. The quantitative estimate of drug-likeness (QED) is 0.841. The number of anilines is 1. The van der Waals surface area contributed by atoms with E-state index in [1.807, 2.05) is 0 Å². The number of sulfonamides is 1. The second-order valence-electron chi connectivity index (χ2n) is 4.33. The van der Waals surface area contributed by atoms with E-state index < -0.39 is 16.1 Å². The Balaban J connectivity index is 2.25. The minimum absolute atomic E-state index is 0.0742. The van der Waals surface area contributed by atoms with Crippen molar-refractivity contribution in [2.75, 3.05) is 5.73 Å². The molecule has 0 aliphatic heterocycles. The smallest absolute Gasteiger partial charge is 0.243 e. The molecular weight excluding hydrogens is 264 g/mol. The van der Waals surface area contributed by atoms with Gasteiger partial charge in [-0.15, -0.1) is 0 Å². The molecule has 0 aliphatic carbocycles. The molecule has 0 fully saturated rings. The number of nitrogens with two attached hydrogens (primary N) is 1. The average molecular weight is 280 g/mol. The zero-order valence-corrected chi connectivity index (χ0v) is 11.6. The van der Waals surface area contributed by atoms with Crippen molar-refractivity contribution < 1.29 is 12.8 Å². The number of para-hydroxylation sites is 1. The van der Waals surface area contributed by atoms with Crippen LogP contribution < -0.4 is 10.5 Å². The van der Waals surface area contributed by atoms with Gasteiger partial charge in [0.15, 0.2) is 0 Å². The van der Waals surface area contributed by atoms with Crippen molar-refractivity contribution in [2.45, 2.75) is 24.8 Å². The molecule has 0 spiro atoms. The summed E-state index contributed by atoms with van der Waals surface area (Å²) in [6, 6.07) is 9.42. The normalized spacial score (nSPS) is 13.4. The van der Waals surface area contributed by atoms with E-state index in [2.05, 4.69) is 4.72 Å². The molecule has 0 saturated heterocycles. The molecule has 6 heteroatoms. The molecule has 1 aromatic carbocycles. The van der Waals surface area contributed by atoms with E-state index in [9.17, 15) is 8.42 Å². The SMILES string of the molecule is Cc1ccc(C(C)NS(=O)(=O)c2ccccc2N)o1. The van der Waals surface area contributed by atoms with Crippen LogP contribution in [0.3, 0.4) is 0 Å². The Bertz CT molecular complexity index is 677. The highest BCUT2D eigenvalue weighted by atomic mass is 32.2. The maximum absolute atomic E-state index is 12.2. The van der Waals surface area contributed by atoms with Crippen LogP contribution in [0.1, 0.15) is 24.5 Å². The first-order valence-corrected chi connectivity index (χ1v) is 7.31. The van der Waals surface area contributed by atoms with E-state index in [0.717, 1.165) is 5.76 Å². The van der Waals surface area contributed by atoms with Gasteiger partial charge in [0.25, 0.3) is 0 Å². The van der Waals surface area contributed by atoms with Gasteiger partial charge >= 0.3 is 0 Å². The zero-order chi connectivity index (χ0) is 14.0. The second kappa shape index (κ2) is 5.07. The molecule has 0 aliphatic rings. The van der Waals surface area contributed by atoms with Crippen molar-refractivity contribution in [1.82, 2.24) is 4.72 Å². The average Bonchev–Trinajstić information content (AvgIpc) is 2.76. The van der Waals surface area contributed by atoms with Gasteiger partial charge in [-0.25, -0.2) is 13.1 Å². The molecule has 0 bridgehead atoms. The maximum atomic E-state index is 12.2. The molecule has 1 aromatic heterocycles. The number of furan rings is 1. The van der Waals surface area contributed by atoms with Crippen molar-refractivity contribution in [1.29, 1.82) is 0 Å². The first-order valence-electron chi connectivity index (χ1n) is 5.83. The van der Waals surface area contributed by atoms with E-state index >= 15 is 0 Å². The first kappa shape index (κ1) is 13.6. The van der Waals surface area contributed by atoms with Gasteiger partial charge in [0.1, 0.15) is 16.4 Å². The van der Waals surface area contributed by atoms with Gasteiger partial charge in [0.05, 0.1) is 11.7 Å². The molecule has 2 rings (SSSR count). The van der Waals surface area contributed by atoms with Crippen molar-refractivity contribution in [3.8, 4) is 0 Å². The molecule has 1 heterocycles. The molecule has 2 aromatic rings. The van der Waals surface area contributed by atoms with Crippen LogP contribution in [-0.2, 0) is 10.0 Å². The van der Waals surface area contributed by atoms with Crippen LogP contribution in [0.15, 0.2) is 45.7 Å². The number of hydrogen-bond donors (Lipinski definition) is 2. The van der Waals surface area contributed by atoms with Crippen molar-refractivity contribution >= 4 is 15.7 Å².